The molecular weight excluding hydrogens is 256 g/mol. The summed E-state index contributed by atoms with van der Waals surface area (Å²) in [4.78, 5) is 0. The Bertz CT molecular complexity index is 596. The summed E-state index contributed by atoms with van der Waals surface area (Å²) >= 11 is 0. The van der Waals surface area contributed by atoms with Crippen LogP contribution < -0.4 is 0 Å². The highest BCUT2D eigenvalue weighted by molar-refractivity contribution is 5.81. The third-order valence-electron chi connectivity index (χ3n) is 3.57. The first-order valence-electron chi connectivity index (χ1n) is 7.63. The van der Waals surface area contributed by atoms with Gasteiger partial charge in [-0.05, 0) is 49.5 Å². The lowest BCUT2D eigenvalue weighted by Gasteiger charge is -2.13. The standard InChI is InChI=1S/C20H24O/c1-4-21-14-8-11-20(18-9-6-5-7-10-18)19-13-12-16(2)15-17(19)3/h5-7,9-13,15H,4,8,14H2,1-3H3/b20-11+. The van der Waals surface area contributed by atoms with E-state index in [4.69, 9.17) is 4.74 Å². The predicted octanol–water partition coefficient (Wildman–Crippen LogP) is 5.16. The Morgan fingerprint density at radius 1 is 1.05 bits per heavy atom. The van der Waals surface area contributed by atoms with Gasteiger partial charge in [0.1, 0.15) is 0 Å². The van der Waals surface area contributed by atoms with E-state index in [1.165, 1.54) is 27.8 Å². The van der Waals surface area contributed by atoms with Crippen LogP contribution in [0.3, 0.4) is 0 Å². The topological polar surface area (TPSA) is 9.23 Å². The number of hydrogen-bond donors (Lipinski definition) is 0. The molecule has 0 aliphatic carbocycles. The van der Waals surface area contributed by atoms with Crippen LogP contribution in [-0.4, -0.2) is 13.2 Å². The maximum Gasteiger partial charge on any atom is 0.0500 e. The van der Waals surface area contributed by atoms with E-state index in [2.05, 4.69) is 68.5 Å². The van der Waals surface area contributed by atoms with Crippen LogP contribution in [0.15, 0.2) is 54.6 Å². The van der Waals surface area contributed by atoms with Gasteiger partial charge in [0.2, 0.25) is 0 Å². The molecule has 1 nitrogen and oxygen atoms in total. The largest absolute Gasteiger partial charge is 0.381 e. The summed E-state index contributed by atoms with van der Waals surface area (Å²) in [7, 11) is 0. The zero-order valence-corrected chi connectivity index (χ0v) is 13.2. The quantitative estimate of drug-likeness (QED) is 0.664. The molecule has 2 rings (SSSR count). The maximum atomic E-state index is 5.46. The van der Waals surface area contributed by atoms with Crippen LogP contribution >= 0.6 is 0 Å². The second kappa shape index (κ2) is 7.80. The number of hydrogen-bond acceptors (Lipinski definition) is 1. The van der Waals surface area contributed by atoms with E-state index in [-0.39, 0.29) is 0 Å². The number of ether oxygens (including phenoxy) is 1. The number of benzene rings is 2. The molecule has 0 fully saturated rings. The number of rotatable bonds is 6. The fourth-order valence-corrected chi connectivity index (χ4v) is 2.55. The average molecular weight is 280 g/mol. The molecule has 0 aromatic heterocycles. The Balaban J connectivity index is 2.36. The predicted molar refractivity (Wildman–Crippen MR) is 90.5 cm³/mol. The van der Waals surface area contributed by atoms with Crippen molar-refractivity contribution in [1.82, 2.24) is 0 Å². The van der Waals surface area contributed by atoms with E-state index in [1.807, 2.05) is 6.92 Å². The van der Waals surface area contributed by atoms with Gasteiger partial charge in [0, 0.05) is 6.61 Å². The molecule has 0 atom stereocenters. The maximum absolute atomic E-state index is 5.46. The summed E-state index contributed by atoms with van der Waals surface area (Å²) in [6.07, 6.45) is 3.23. The van der Waals surface area contributed by atoms with Crippen molar-refractivity contribution in [3.63, 3.8) is 0 Å². The molecule has 0 aliphatic heterocycles. The van der Waals surface area contributed by atoms with Gasteiger partial charge in [-0.1, -0.05) is 60.2 Å². The minimum absolute atomic E-state index is 0.776. The third-order valence-corrected chi connectivity index (χ3v) is 3.57. The van der Waals surface area contributed by atoms with E-state index in [1.54, 1.807) is 0 Å². The van der Waals surface area contributed by atoms with Gasteiger partial charge in [0.15, 0.2) is 0 Å². The molecule has 1 heteroatoms. The van der Waals surface area contributed by atoms with Crippen LogP contribution in [0.25, 0.3) is 5.57 Å². The molecule has 0 saturated carbocycles. The van der Waals surface area contributed by atoms with Crippen molar-refractivity contribution < 1.29 is 4.74 Å². The molecule has 0 aliphatic rings. The summed E-state index contributed by atoms with van der Waals surface area (Å²) in [6, 6.07) is 17.2. The van der Waals surface area contributed by atoms with E-state index < -0.39 is 0 Å². The molecule has 2 aromatic carbocycles. The van der Waals surface area contributed by atoms with Gasteiger partial charge < -0.3 is 4.74 Å². The van der Waals surface area contributed by atoms with Crippen molar-refractivity contribution in [2.45, 2.75) is 27.2 Å². The van der Waals surface area contributed by atoms with E-state index in [0.717, 1.165) is 19.6 Å². The molecule has 0 bridgehead atoms. The van der Waals surface area contributed by atoms with Crippen LogP contribution in [0.2, 0.25) is 0 Å². The summed E-state index contributed by atoms with van der Waals surface area (Å²) in [6.45, 7) is 7.90. The van der Waals surface area contributed by atoms with Gasteiger partial charge in [-0.15, -0.1) is 0 Å². The summed E-state index contributed by atoms with van der Waals surface area (Å²) in [5, 5.41) is 0. The fraction of sp³-hybridized carbons (Fsp3) is 0.300. The lowest BCUT2D eigenvalue weighted by molar-refractivity contribution is 0.152. The first-order valence-corrected chi connectivity index (χ1v) is 7.63. The Kier molecular flexibility index (Phi) is 5.77. The highest BCUT2D eigenvalue weighted by Gasteiger charge is 2.07. The number of aryl methyl sites for hydroxylation is 2. The molecule has 0 saturated heterocycles. The minimum Gasteiger partial charge on any atom is -0.381 e. The summed E-state index contributed by atoms with van der Waals surface area (Å²) in [5.74, 6) is 0. The normalized spacial score (nSPS) is 11.7. The molecule has 0 radical (unpaired) electrons. The lowest BCUT2D eigenvalue weighted by atomic mass is 9.92. The molecule has 0 spiro atoms. The van der Waals surface area contributed by atoms with Crippen LogP contribution in [0.1, 0.15) is 35.6 Å². The summed E-state index contributed by atoms with van der Waals surface area (Å²) < 4.78 is 5.46. The highest BCUT2D eigenvalue weighted by atomic mass is 16.5. The zero-order valence-electron chi connectivity index (χ0n) is 13.2. The van der Waals surface area contributed by atoms with Crippen molar-refractivity contribution in [3.8, 4) is 0 Å². The van der Waals surface area contributed by atoms with Gasteiger partial charge in [0.25, 0.3) is 0 Å². The molecule has 21 heavy (non-hydrogen) atoms. The van der Waals surface area contributed by atoms with Crippen molar-refractivity contribution in [2.24, 2.45) is 0 Å². The molecule has 110 valence electrons. The average Bonchev–Trinajstić information content (AvgIpc) is 2.49. The summed E-state index contributed by atoms with van der Waals surface area (Å²) in [5.41, 5.74) is 6.50. The monoisotopic (exact) mass is 280 g/mol. The zero-order chi connectivity index (χ0) is 15.1. The highest BCUT2D eigenvalue weighted by Crippen LogP contribution is 2.27. The van der Waals surface area contributed by atoms with Gasteiger partial charge >= 0.3 is 0 Å². The van der Waals surface area contributed by atoms with Crippen LogP contribution in [0.5, 0.6) is 0 Å². The molecule has 0 N–H and O–H groups in total. The molecule has 0 unspecified atom stereocenters. The van der Waals surface area contributed by atoms with Gasteiger partial charge in [0.05, 0.1) is 6.61 Å². The second-order valence-corrected chi connectivity index (χ2v) is 5.29. The van der Waals surface area contributed by atoms with Crippen LogP contribution in [-0.2, 0) is 4.74 Å². The van der Waals surface area contributed by atoms with Crippen molar-refractivity contribution in [3.05, 3.63) is 76.9 Å². The van der Waals surface area contributed by atoms with Gasteiger partial charge in [-0.2, -0.15) is 0 Å². The first kappa shape index (κ1) is 15.5. The second-order valence-electron chi connectivity index (χ2n) is 5.29. The Morgan fingerprint density at radius 2 is 1.81 bits per heavy atom. The molecular formula is C20H24O. The van der Waals surface area contributed by atoms with Crippen molar-refractivity contribution >= 4 is 5.57 Å². The molecule has 2 aromatic rings. The lowest BCUT2D eigenvalue weighted by Crippen LogP contribution is -1.95. The van der Waals surface area contributed by atoms with Crippen LogP contribution in [0.4, 0.5) is 0 Å². The Hall–Kier alpha value is -1.86. The smallest absolute Gasteiger partial charge is 0.0500 e. The van der Waals surface area contributed by atoms with Gasteiger partial charge in [-0.25, -0.2) is 0 Å². The van der Waals surface area contributed by atoms with Gasteiger partial charge in [-0.3, -0.25) is 0 Å². The first-order chi connectivity index (χ1) is 10.2. The fourth-order valence-electron chi connectivity index (χ4n) is 2.55. The van der Waals surface area contributed by atoms with E-state index in [9.17, 15) is 0 Å². The molecule has 0 heterocycles. The Morgan fingerprint density at radius 3 is 2.48 bits per heavy atom. The van der Waals surface area contributed by atoms with E-state index >= 15 is 0 Å². The third kappa shape index (κ3) is 4.30. The minimum atomic E-state index is 0.776. The van der Waals surface area contributed by atoms with Crippen molar-refractivity contribution in [1.29, 1.82) is 0 Å². The molecule has 0 amide bonds. The van der Waals surface area contributed by atoms with Crippen LogP contribution in [0, 0.1) is 13.8 Å². The Labute approximate surface area is 128 Å². The van der Waals surface area contributed by atoms with Crippen molar-refractivity contribution in [2.75, 3.05) is 13.2 Å². The SMILES string of the molecule is CCOCC/C=C(\c1ccccc1)c1ccc(C)cc1C. The van der Waals surface area contributed by atoms with E-state index in [0.29, 0.717) is 0 Å².